The molecule has 23 heavy (non-hydrogen) atoms. The normalized spacial score (nSPS) is 11.0. The summed E-state index contributed by atoms with van der Waals surface area (Å²) in [5.41, 5.74) is 5.96. The first kappa shape index (κ1) is 13.6. The molecule has 5 nitrogen and oxygen atoms in total. The van der Waals surface area contributed by atoms with E-state index in [9.17, 15) is 0 Å². The Labute approximate surface area is 133 Å². The minimum Gasteiger partial charge on any atom is -0.237 e. The Bertz CT molecular complexity index is 989. The van der Waals surface area contributed by atoms with Gasteiger partial charge in [0.25, 0.3) is 0 Å². The van der Waals surface area contributed by atoms with E-state index in [0.29, 0.717) is 5.82 Å². The molecule has 0 spiro atoms. The molecular formula is C18H15N5. The molecule has 0 saturated carbocycles. The van der Waals surface area contributed by atoms with E-state index < -0.39 is 0 Å². The van der Waals surface area contributed by atoms with Crippen molar-refractivity contribution >= 4 is 5.65 Å². The summed E-state index contributed by atoms with van der Waals surface area (Å²) in [7, 11) is 0. The number of rotatable bonds is 2. The molecule has 3 heterocycles. The molecule has 4 aromatic rings. The number of hydrogen-bond acceptors (Lipinski definition) is 4. The van der Waals surface area contributed by atoms with Crippen LogP contribution in [0.5, 0.6) is 0 Å². The fraction of sp³-hybridized carbons (Fsp3) is 0.111. The first-order valence-electron chi connectivity index (χ1n) is 7.42. The number of benzene rings is 1. The van der Waals surface area contributed by atoms with Crippen LogP contribution in [-0.4, -0.2) is 24.6 Å². The molecule has 3 aromatic heterocycles. The van der Waals surface area contributed by atoms with Gasteiger partial charge in [-0.15, -0.1) is 0 Å². The van der Waals surface area contributed by atoms with Gasteiger partial charge in [0.15, 0.2) is 11.5 Å². The van der Waals surface area contributed by atoms with Crippen molar-refractivity contribution in [1.82, 2.24) is 24.6 Å². The highest BCUT2D eigenvalue weighted by Crippen LogP contribution is 2.24. The standard InChI is InChI=1S/C18H15N5/c1-12-11-21-23-13(2)9-16(22-18(12)23)14-5-3-6-15(10-14)17-19-7-4-8-20-17/h3-11H,1-2H3. The summed E-state index contributed by atoms with van der Waals surface area (Å²) in [5, 5.41) is 4.35. The third-order valence-electron chi connectivity index (χ3n) is 3.81. The van der Waals surface area contributed by atoms with Crippen LogP contribution in [0.1, 0.15) is 11.3 Å². The molecule has 0 atom stereocenters. The average Bonchev–Trinajstić information content (AvgIpc) is 2.98. The maximum Gasteiger partial charge on any atom is 0.159 e. The van der Waals surface area contributed by atoms with Crippen LogP contribution in [-0.2, 0) is 0 Å². The lowest BCUT2D eigenvalue weighted by atomic mass is 10.1. The van der Waals surface area contributed by atoms with Gasteiger partial charge in [-0.25, -0.2) is 19.5 Å². The van der Waals surface area contributed by atoms with Crippen molar-refractivity contribution in [2.75, 3.05) is 0 Å². The van der Waals surface area contributed by atoms with Gasteiger partial charge in [0.05, 0.1) is 11.9 Å². The lowest BCUT2D eigenvalue weighted by Gasteiger charge is -2.07. The number of fused-ring (bicyclic) bond motifs is 1. The summed E-state index contributed by atoms with van der Waals surface area (Å²) < 4.78 is 1.86. The van der Waals surface area contributed by atoms with Gasteiger partial charge in [-0.2, -0.15) is 5.10 Å². The van der Waals surface area contributed by atoms with Gasteiger partial charge in [0.2, 0.25) is 0 Å². The summed E-state index contributed by atoms with van der Waals surface area (Å²) in [5.74, 6) is 0.715. The van der Waals surface area contributed by atoms with Crippen molar-refractivity contribution < 1.29 is 0 Å². The highest BCUT2D eigenvalue weighted by Gasteiger charge is 2.09. The highest BCUT2D eigenvalue weighted by molar-refractivity contribution is 5.69. The third-order valence-corrected chi connectivity index (χ3v) is 3.81. The first-order chi connectivity index (χ1) is 11.2. The average molecular weight is 301 g/mol. The van der Waals surface area contributed by atoms with E-state index in [1.54, 1.807) is 12.4 Å². The lowest BCUT2D eigenvalue weighted by molar-refractivity contribution is 0.896. The molecule has 0 radical (unpaired) electrons. The van der Waals surface area contributed by atoms with E-state index in [1.807, 2.05) is 48.8 Å². The van der Waals surface area contributed by atoms with Crippen LogP contribution in [0, 0.1) is 13.8 Å². The van der Waals surface area contributed by atoms with Crippen LogP contribution in [0.3, 0.4) is 0 Å². The van der Waals surface area contributed by atoms with Crippen molar-refractivity contribution in [2.24, 2.45) is 0 Å². The van der Waals surface area contributed by atoms with E-state index in [4.69, 9.17) is 4.98 Å². The van der Waals surface area contributed by atoms with E-state index >= 15 is 0 Å². The Morgan fingerprint density at radius 1 is 0.913 bits per heavy atom. The molecule has 0 bridgehead atoms. The molecule has 0 aliphatic heterocycles. The molecule has 0 fully saturated rings. The van der Waals surface area contributed by atoms with E-state index in [1.165, 1.54) is 0 Å². The van der Waals surface area contributed by atoms with E-state index in [0.717, 1.165) is 33.7 Å². The molecular weight excluding hydrogens is 286 g/mol. The zero-order valence-electron chi connectivity index (χ0n) is 12.9. The zero-order valence-corrected chi connectivity index (χ0v) is 12.9. The summed E-state index contributed by atoms with van der Waals surface area (Å²) >= 11 is 0. The van der Waals surface area contributed by atoms with Crippen LogP contribution in [0.25, 0.3) is 28.3 Å². The summed E-state index contributed by atoms with van der Waals surface area (Å²) in [6, 6.07) is 12.0. The number of hydrogen-bond donors (Lipinski definition) is 0. The Morgan fingerprint density at radius 3 is 2.52 bits per heavy atom. The van der Waals surface area contributed by atoms with Crippen LogP contribution in [0.15, 0.2) is 55.0 Å². The minimum absolute atomic E-state index is 0.715. The van der Waals surface area contributed by atoms with E-state index in [-0.39, 0.29) is 0 Å². The largest absolute Gasteiger partial charge is 0.237 e. The Hall–Kier alpha value is -3.08. The molecule has 1 aromatic carbocycles. The second-order valence-corrected chi connectivity index (χ2v) is 5.50. The number of nitrogens with zero attached hydrogens (tertiary/aromatic N) is 5. The molecule has 0 unspecified atom stereocenters. The van der Waals surface area contributed by atoms with Gasteiger partial charge in [-0.1, -0.05) is 18.2 Å². The van der Waals surface area contributed by atoms with Gasteiger partial charge >= 0.3 is 0 Å². The Balaban J connectivity index is 1.86. The second-order valence-electron chi connectivity index (χ2n) is 5.50. The fourth-order valence-electron chi connectivity index (χ4n) is 2.64. The summed E-state index contributed by atoms with van der Waals surface area (Å²) in [4.78, 5) is 13.4. The van der Waals surface area contributed by atoms with Crippen LogP contribution < -0.4 is 0 Å². The molecule has 0 aliphatic carbocycles. The zero-order chi connectivity index (χ0) is 15.8. The predicted octanol–water partition coefficient (Wildman–Crippen LogP) is 3.47. The molecule has 112 valence electrons. The molecule has 5 heteroatoms. The van der Waals surface area contributed by atoms with Gasteiger partial charge < -0.3 is 0 Å². The fourth-order valence-corrected chi connectivity index (χ4v) is 2.64. The second kappa shape index (κ2) is 5.28. The maximum absolute atomic E-state index is 4.76. The van der Waals surface area contributed by atoms with Crippen molar-refractivity contribution in [1.29, 1.82) is 0 Å². The van der Waals surface area contributed by atoms with Crippen LogP contribution >= 0.6 is 0 Å². The molecule has 4 rings (SSSR count). The highest BCUT2D eigenvalue weighted by atomic mass is 15.2. The van der Waals surface area contributed by atoms with Gasteiger partial charge in [0, 0.05) is 34.8 Å². The molecule has 0 aliphatic rings. The van der Waals surface area contributed by atoms with Gasteiger partial charge in [0.1, 0.15) is 0 Å². The minimum atomic E-state index is 0.715. The smallest absolute Gasteiger partial charge is 0.159 e. The number of aromatic nitrogens is 5. The van der Waals surface area contributed by atoms with Crippen molar-refractivity contribution in [3.05, 3.63) is 66.2 Å². The summed E-state index contributed by atoms with van der Waals surface area (Å²) in [6.45, 7) is 4.06. The van der Waals surface area contributed by atoms with E-state index in [2.05, 4.69) is 27.2 Å². The lowest BCUT2D eigenvalue weighted by Crippen LogP contribution is -1.98. The monoisotopic (exact) mass is 301 g/mol. The quantitative estimate of drug-likeness (QED) is 0.569. The SMILES string of the molecule is Cc1cnn2c(C)cc(-c3cccc(-c4ncccn4)c3)nc12. The molecule has 0 N–H and O–H groups in total. The Kier molecular flexibility index (Phi) is 3.12. The first-order valence-corrected chi connectivity index (χ1v) is 7.42. The predicted molar refractivity (Wildman–Crippen MR) is 88.9 cm³/mol. The van der Waals surface area contributed by atoms with Crippen molar-refractivity contribution in [2.45, 2.75) is 13.8 Å². The third kappa shape index (κ3) is 2.36. The van der Waals surface area contributed by atoms with Gasteiger partial charge in [-0.05, 0) is 32.0 Å². The number of aryl methyl sites for hydroxylation is 2. The maximum atomic E-state index is 4.76. The van der Waals surface area contributed by atoms with Crippen LogP contribution in [0.2, 0.25) is 0 Å². The Morgan fingerprint density at radius 2 is 1.70 bits per heavy atom. The molecule has 0 saturated heterocycles. The summed E-state index contributed by atoms with van der Waals surface area (Å²) in [6.07, 6.45) is 5.34. The van der Waals surface area contributed by atoms with Crippen LogP contribution in [0.4, 0.5) is 0 Å². The topological polar surface area (TPSA) is 56.0 Å². The molecule has 0 amide bonds. The van der Waals surface area contributed by atoms with Crippen molar-refractivity contribution in [3.8, 4) is 22.6 Å². The van der Waals surface area contributed by atoms with Crippen molar-refractivity contribution in [3.63, 3.8) is 0 Å². The van der Waals surface area contributed by atoms with Gasteiger partial charge in [-0.3, -0.25) is 0 Å².